The number of rotatable bonds is 25. The normalized spacial score (nSPS) is 24.8. The number of carbonyl (C=O) groups is 13. The number of ether oxygens (including phenoxy) is 8. The van der Waals surface area contributed by atoms with Crippen molar-refractivity contribution in [1.82, 2.24) is 14.5 Å². The smallest absolute Gasteiger partial charge is 0.355 e. The van der Waals surface area contributed by atoms with E-state index >= 15 is 9.59 Å². The lowest BCUT2D eigenvalue weighted by Crippen LogP contribution is -2.82. The average molecular weight is 1520 g/mol. The van der Waals surface area contributed by atoms with Crippen LogP contribution in [0.3, 0.4) is 0 Å². The van der Waals surface area contributed by atoms with Crippen molar-refractivity contribution in [3.05, 3.63) is 182 Å². The van der Waals surface area contributed by atoms with Crippen LogP contribution in [0.5, 0.6) is 0 Å². The van der Waals surface area contributed by atoms with Crippen molar-refractivity contribution in [1.29, 1.82) is 0 Å². The van der Waals surface area contributed by atoms with Gasteiger partial charge in [-0.25, -0.2) is 19.4 Å². The molecule has 2 bridgehead atoms. The molecule has 27 nitrogen and oxygen atoms in total. The summed E-state index contributed by atoms with van der Waals surface area (Å²) < 4.78 is 49.5. The number of nitrogens with zero attached hydrogens (tertiary/aromatic N) is 3. The lowest BCUT2D eigenvalue weighted by atomic mass is 9.44. The highest BCUT2D eigenvalue weighted by Gasteiger charge is 2.78. The molecule has 5 heterocycles. The van der Waals surface area contributed by atoms with Gasteiger partial charge in [0.15, 0.2) is 23.3 Å². The van der Waals surface area contributed by atoms with Gasteiger partial charge in [-0.1, -0.05) is 118 Å². The third kappa shape index (κ3) is 15.8. The number of hydrogen-bond acceptors (Lipinski definition) is 25. The van der Waals surface area contributed by atoms with E-state index in [9.17, 15) is 67.7 Å². The van der Waals surface area contributed by atoms with Crippen LogP contribution in [-0.2, 0) is 109 Å². The van der Waals surface area contributed by atoms with Crippen LogP contribution in [0.4, 0.5) is 0 Å². The average Bonchev–Trinajstić information content (AvgIpc) is 1.04. The second kappa shape index (κ2) is 32.5. The Morgan fingerprint density at radius 3 is 1.96 bits per heavy atom. The first-order valence-corrected chi connectivity index (χ1v) is 36.8. The van der Waals surface area contributed by atoms with Crippen LogP contribution in [-0.4, -0.2) is 169 Å². The highest BCUT2D eigenvalue weighted by Crippen LogP contribution is 2.65. The summed E-state index contributed by atoms with van der Waals surface area (Å²) in [4.78, 5) is 193. The van der Waals surface area contributed by atoms with Gasteiger partial charge in [0.1, 0.15) is 54.4 Å². The second-order valence-electron chi connectivity index (χ2n) is 30.0. The molecule has 0 unspecified atom stereocenters. The monoisotopic (exact) mass is 1520 g/mol. The molecule has 27 heteroatoms. The van der Waals surface area contributed by atoms with Gasteiger partial charge in [-0.15, -0.1) is 0 Å². The fourth-order valence-corrected chi connectivity index (χ4v) is 16.5. The van der Waals surface area contributed by atoms with Crippen LogP contribution in [0.1, 0.15) is 175 Å². The number of pyridine rings is 2. The standard InChI is InChI=1S/C56H63NO17.C28H26N2O7/c1-31(58)24-25-43(63)57(8)29-44(64)72-46(38(35-18-12-9-13-19-35)26-39(61)36-20-14-10-15-21-36)52(67)71-40-28-56(68)50(73-51(66)37-22-16-11-17-23-37)48-54(7,41(62)27-42-55(48,30-69-42)74-34(4)60)49(65)47(70-33(3)59)45(32(40)2)53(56,5)6;1-3-28(37-24(33)11-10-19(32)9-8-16(2)31)21-13-23-25-18(12-17-6-4-5-7-22(17)29-25)14-30(23)26(34)20(21)15-36-27(28)35/h9-23,38,40-42,46-48,50,62,68H,24-30H2,1-8H3;4-7,12-13H,3,8-11,14-15H2,1-2H3/t38-,40-,41-,42+,46+,47+,48-,50-,54+,55-,56+;28-/m01/s1. The Morgan fingerprint density at radius 2 is 1.34 bits per heavy atom. The number of aliphatic hydroxyl groups is 2. The predicted octanol–water partition coefficient (Wildman–Crippen LogP) is 8.35. The van der Waals surface area contributed by atoms with Gasteiger partial charge in [0, 0.05) is 106 Å². The molecule has 1 amide bonds. The molecule has 6 aliphatic rings. The Morgan fingerprint density at radius 1 is 0.721 bits per heavy atom. The third-order valence-electron chi connectivity index (χ3n) is 22.5. The van der Waals surface area contributed by atoms with Gasteiger partial charge in [-0.05, 0) is 81.2 Å². The van der Waals surface area contributed by atoms with E-state index in [-0.39, 0.29) is 115 Å². The molecule has 2 N–H and O–H groups in total. The first-order chi connectivity index (χ1) is 52.6. The Labute approximate surface area is 639 Å². The van der Waals surface area contributed by atoms with Crippen LogP contribution in [0.15, 0.2) is 143 Å². The van der Waals surface area contributed by atoms with Gasteiger partial charge in [0.05, 0.1) is 65.0 Å². The molecule has 12 rings (SSSR count). The Bertz CT molecular complexity index is 4840. The van der Waals surface area contributed by atoms with E-state index in [2.05, 4.69) is 0 Å². The fourth-order valence-electron chi connectivity index (χ4n) is 16.5. The van der Waals surface area contributed by atoms with Gasteiger partial charge in [-0.3, -0.25) is 43.2 Å². The molecule has 12 atom stereocenters. The second-order valence-corrected chi connectivity index (χ2v) is 30.0. The molecule has 2 saturated carbocycles. The van der Waals surface area contributed by atoms with Crippen molar-refractivity contribution in [2.24, 2.45) is 16.7 Å². The van der Waals surface area contributed by atoms with Crippen molar-refractivity contribution in [2.45, 2.75) is 199 Å². The summed E-state index contributed by atoms with van der Waals surface area (Å²) in [6.45, 7) is 11.6. The number of aliphatic hydroxyl groups excluding tert-OH is 1. The first kappa shape index (κ1) is 81.0. The van der Waals surface area contributed by atoms with Crippen molar-refractivity contribution in [3.8, 4) is 11.4 Å². The predicted molar refractivity (Wildman–Crippen MR) is 393 cm³/mol. The maximum Gasteiger partial charge on any atom is 0.355 e. The van der Waals surface area contributed by atoms with E-state index in [0.717, 1.165) is 35.2 Å². The number of likely N-dealkylation sites (N-methyl/N-ethyl adjacent to an activating group) is 1. The van der Waals surface area contributed by atoms with E-state index in [1.54, 1.807) is 96.4 Å². The van der Waals surface area contributed by atoms with Crippen LogP contribution >= 0.6 is 0 Å². The maximum atomic E-state index is 15.8. The van der Waals surface area contributed by atoms with Crippen LogP contribution in [0.2, 0.25) is 0 Å². The summed E-state index contributed by atoms with van der Waals surface area (Å²) in [6, 6.07) is 35.6. The minimum Gasteiger partial charge on any atom is -0.457 e. The molecule has 584 valence electrons. The van der Waals surface area contributed by atoms with Crippen molar-refractivity contribution in [3.63, 3.8) is 0 Å². The van der Waals surface area contributed by atoms with Gasteiger partial charge in [0.25, 0.3) is 5.56 Å². The molecular formula is C84H89N3O24. The Hall–Kier alpha value is -11.0. The molecule has 111 heavy (non-hydrogen) atoms. The number of cyclic esters (lactones) is 1. The molecule has 3 fully saturated rings. The lowest BCUT2D eigenvalue weighted by Gasteiger charge is -2.67. The summed E-state index contributed by atoms with van der Waals surface area (Å²) in [5, 5.41) is 27.2. The van der Waals surface area contributed by atoms with E-state index < -0.39 is 155 Å². The topological polar surface area (TPSA) is 374 Å². The first-order valence-electron chi connectivity index (χ1n) is 36.8. The number of ketones is 5. The minimum atomic E-state index is -2.50. The zero-order valence-corrected chi connectivity index (χ0v) is 63.4. The zero-order valence-electron chi connectivity index (χ0n) is 63.4. The number of fused-ring (bicyclic) bond motifs is 10. The molecular weight excluding hydrogens is 1430 g/mol. The highest BCUT2D eigenvalue weighted by atomic mass is 16.6. The number of benzene rings is 4. The van der Waals surface area contributed by atoms with Gasteiger partial charge in [0.2, 0.25) is 17.6 Å². The lowest BCUT2D eigenvalue weighted by molar-refractivity contribution is -0.346. The number of carbonyl (C=O) groups excluding carboxylic acids is 13. The minimum absolute atomic E-state index is 0.0275. The molecule has 4 aromatic carbocycles. The zero-order chi connectivity index (χ0) is 80.4. The number of para-hydroxylation sites is 1. The number of hydrogen-bond donors (Lipinski definition) is 2. The van der Waals surface area contributed by atoms with Crippen LogP contribution in [0.25, 0.3) is 22.3 Å². The summed E-state index contributed by atoms with van der Waals surface area (Å²) in [6.07, 6.45) is -11.8. The molecule has 3 aliphatic heterocycles. The molecule has 3 aliphatic carbocycles. The molecule has 2 aromatic heterocycles. The quantitative estimate of drug-likeness (QED) is 0.0235. The largest absolute Gasteiger partial charge is 0.457 e. The van der Waals surface area contributed by atoms with Crippen molar-refractivity contribution < 1.29 is 110 Å². The Balaban J connectivity index is 0.000000274. The summed E-state index contributed by atoms with van der Waals surface area (Å²) >= 11 is 0. The van der Waals surface area contributed by atoms with Gasteiger partial charge < -0.3 is 67.2 Å². The van der Waals surface area contributed by atoms with E-state index in [0.29, 0.717) is 29.1 Å². The highest BCUT2D eigenvalue weighted by molar-refractivity contribution is 5.98. The summed E-state index contributed by atoms with van der Waals surface area (Å²) in [5.41, 5.74) is -6.22. The van der Waals surface area contributed by atoms with Crippen LogP contribution < -0.4 is 5.56 Å². The third-order valence-corrected chi connectivity index (χ3v) is 22.5. The van der Waals surface area contributed by atoms with E-state index in [1.165, 1.54) is 60.7 Å². The summed E-state index contributed by atoms with van der Waals surface area (Å²) in [5.74, 6) is -12.0. The van der Waals surface area contributed by atoms with Crippen molar-refractivity contribution in [2.75, 3.05) is 20.2 Å². The number of esters is 7. The molecule has 0 spiro atoms. The SMILES string of the molecule is CC(=O)CCC(=O)N(C)CC(=O)O[C@@H](C(=O)O[C@H]1C[C@@]2(O)[C@@H](OC(=O)c3ccccc3)[C@@H]3[C@]4(OC(C)=O)CO[C@@H]4C[C@H](O)[C@@]3(C)C(=O)[C@H](OC(C)=O)C(=C1C)C2(C)C)[C@@H](CC(=O)c1ccccc1)c1ccccc1.CC[C@]1(OC(=O)CCC(=O)CCC(C)=O)C(=O)OCc2c1cc1n(c2=O)Cc2cc3ccccc3nc2-1. The van der Waals surface area contributed by atoms with E-state index in [1.807, 2.05) is 30.3 Å². The van der Waals surface area contributed by atoms with Crippen LogP contribution in [0, 0.1) is 16.7 Å². The maximum absolute atomic E-state index is 15.8. The van der Waals surface area contributed by atoms with Crippen molar-refractivity contribution >= 4 is 87.5 Å². The van der Waals surface area contributed by atoms with Gasteiger partial charge in [-0.2, -0.15) is 0 Å². The molecule has 6 aromatic rings. The molecule has 0 radical (unpaired) electrons. The summed E-state index contributed by atoms with van der Waals surface area (Å²) in [7, 11) is 1.32. The number of Topliss-reactive ketones (excluding diaryl/α,β-unsaturated/α-hetero) is 5. The number of aromatic nitrogens is 2. The fraction of sp³-hybridized carbons (Fsp3) is 0.440. The number of amides is 1. The molecule has 1 saturated heterocycles. The van der Waals surface area contributed by atoms with E-state index in [4.69, 9.17) is 42.9 Å². The Kier molecular flexibility index (Phi) is 23.7. The van der Waals surface area contributed by atoms with Gasteiger partial charge >= 0.3 is 41.8 Å².